The molecule has 2 aliphatic rings. The Kier molecular flexibility index (Phi) is 5.16. The molecule has 7 nitrogen and oxygen atoms in total. The van der Waals surface area contributed by atoms with Gasteiger partial charge < -0.3 is 19.2 Å². The predicted molar refractivity (Wildman–Crippen MR) is 115 cm³/mol. The van der Waals surface area contributed by atoms with E-state index in [1.807, 2.05) is 6.92 Å². The molecule has 3 aromatic rings. The summed E-state index contributed by atoms with van der Waals surface area (Å²) in [7, 11) is 0. The number of thioether (sulfide) groups is 1. The molecular formula is C21H21N3O4S2. The molecule has 2 atom stereocenters. The lowest BCUT2D eigenvalue weighted by Crippen LogP contribution is -2.22. The molecule has 0 spiro atoms. The first-order valence-corrected chi connectivity index (χ1v) is 11.6. The van der Waals surface area contributed by atoms with Crippen LogP contribution in [-0.4, -0.2) is 28.1 Å². The fraction of sp³-hybridized carbons (Fsp3) is 0.381. The zero-order valence-corrected chi connectivity index (χ0v) is 18.3. The van der Waals surface area contributed by atoms with Crippen molar-refractivity contribution in [3.8, 4) is 22.3 Å². The van der Waals surface area contributed by atoms with Crippen LogP contribution in [0.15, 0.2) is 33.9 Å². The number of aryl methyl sites for hydroxylation is 1. The number of rotatable bonds is 5. The monoisotopic (exact) mass is 443 g/mol. The average molecular weight is 444 g/mol. The summed E-state index contributed by atoms with van der Waals surface area (Å²) in [5.74, 6) is 2.39. The molecule has 0 saturated carbocycles. The molecule has 9 heteroatoms. The number of carbonyl (C=O) groups excluding carboxylic acids is 1. The molecule has 1 N–H and O–H groups in total. The fourth-order valence-electron chi connectivity index (χ4n) is 3.59. The zero-order chi connectivity index (χ0) is 20.7. The Balaban J connectivity index is 1.23. The molecule has 30 heavy (non-hydrogen) atoms. The highest BCUT2D eigenvalue weighted by Gasteiger charge is 2.23. The standard InChI is InChI=1S/C21H21N3O4S2/c1-11-3-6-17-13(7-11)8-18(30-17)20-23-24-21(28-20)29-12(2)19(25)22-14-4-5-15-16(9-14)27-10-26-15/h4-5,8-9,11-12H,3,6-7,10H2,1-2H3,(H,22,25)/t11-,12-/m1/s1. The van der Waals surface area contributed by atoms with Gasteiger partial charge in [0.15, 0.2) is 11.5 Å². The van der Waals surface area contributed by atoms with Crippen LogP contribution in [0.1, 0.15) is 30.7 Å². The molecule has 0 radical (unpaired) electrons. The summed E-state index contributed by atoms with van der Waals surface area (Å²) < 4.78 is 16.5. The molecule has 0 unspecified atom stereocenters. The van der Waals surface area contributed by atoms with Crippen LogP contribution < -0.4 is 14.8 Å². The number of aromatic nitrogens is 2. The lowest BCUT2D eigenvalue weighted by atomic mass is 9.90. The Hall–Kier alpha value is -2.52. The maximum atomic E-state index is 12.6. The van der Waals surface area contributed by atoms with Crippen molar-refractivity contribution < 1.29 is 18.7 Å². The minimum Gasteiger partial charge on any atom is -0.454 e. The largest absolute Gasteiger partial charge is 0.454 e. The molecule has 1 aliphatic carbocycles. The van der Waals surface area contributed by atoms with E-state index in [4.69, 9.17) is 13.9 Å². The van der Waals surface area contributed by atoms with Gasteiger partial charge in [-0.05, 0) is 55.9 Å². The van der Waals surface area contributed by atoms with Crippen LogP contribution in [0.4, 0.5) is 5.69 Å². The molecule has 0 fully saturated rings. The van der Waals surface area contributed by atoms with Gasteiger partial charge in [-0.1, -0.05) is 18.7 Å². The van der Waals surface area contributed by atoms with Crippen molar-refractivity contribution in [2.24, 2.45) is 5.92 Å². The van der Waals surface area contributed by atoms with Gasteiger partial charge in [0.1, 0.15) is 0 Å². The highest BCUT2D eigenvalue weighted by atomic mass is 32.2. The second kappa shape index (κ2) is 7.96. The lowest BCUT2D eigenvalue weighted by Gasteiger charge is -2.16. The number of amides is 1. The summed E-state index contributed by atoms with van der Waals surface area (Å²) in [6.07, 6.45) is 3.46. The van der Waals surface area contributed by atoms with Gasteiger partial charge in [0.2, 0.25) is 12.7 Å². The SMILES string of the molecule is C[C@@H]1CCc2sc(-c3nnc(S[C@H](C)C(=O)Nc4ccc5c(c4)OCO5)o3)cc2C1. The highest BCUT2D eigenvalue weighted by molar-refractivity contribution is 8.00. The van der Waals surface area contributed by atoms with E-state index in [0.717, 1.165) is 23.6 Å². The third kappa shape index (κ3) is 3.91. The number of nitrogens with one attached hydrogen (secondary N) is 1. The summed E-state index contributed by atoms with van der Waals surface area (Å²) in [5.41, 5.74) is 2.05. The minimum atomic E-state index is -0.402. The van der Waals surface area contributed by atoms with Crippen molar-refractivity contribution in [2.75, 3.05) is 12.1 Å². The maximum Gasteiger partial charge on any atom is 0.277 e. The number of anilines is 1. The Labute approximate surface area is 182 Å². The van der Waals surface area contributed by atoms with Gasteiger partial charge in [-0.25, -0.2) is 0 Å². The number of fused-ring (bicyclic) bond motifs is 2. The van der Waals surface area contributed by atoms with E-state index < -0.39 is 5.25 Å². The molecule has 3 heterocycles. The van der Waals surface area contributed by atoms with E-state index in [9.17, 15) is 4.79 Å². The van der Waals surface area contributed by atoms with Crippen molar-refractivity contribution in [1.82, 2.24) is 10.2 Å². The first kappa shape index (κ1) is 19.4. The summed E-state index contributed by atoms with van der Waals surface area (Å²) in [5, 5.41) is 11.2. The van der Waals surface area contributed by atoms with Gasteiger partial charge in [0.05, 0.1) is 10.1 Å². The van der Waals surface area contributed by atoms with Crippen molar-refractivity contribution >= 4 is 34.7 Å². The van der Waals surface area contributed by atoms with Gasteiger partial charge >= 0.3 is 0 Å². The van der Waals surface area contributed by atoms with E-state index in [-0.39, 0.29) is 12.7 Å². The van der Waals surface area contributed by atoms with Crippen LogP contribution >= 0.6 is 23.1 Å². The van der Waals surface area contributed by atoms with Gasteiger partial charge in [-0.3, -0.25) is 4.79 Å². The first-order chi connectivity index (χ1) is 14.5. The summed E-state index contributed by atoms with van der Waals surface area (Å²) in [6, 6.07) is 7.49. The third-order valence-electron chi connectivity index (χ3n) is 5.23. The number of carbonyl (C=O) groups is 1. The number of nitrogens with zero attached hydrogens (tertiary/aromatic N) is 2. The number of benzene rings is 1. The van der Waals surface area contributed by atoms with E-state index in [0.29, 0.717) is 28.3 Å². The van der Waals surface area contributed by atoms with Crippen LogP contribution in [0, 0.1) is 5.92 Å². The van der Waals surface area contributed by atoms with Gasteiger partial charge in [0, 0.05) is 16.6 Å². The number of hydrogen-bond acceptors (Lipinski definition) is 8. The Morgan fingerprint density at radius 2 is 2.13 bits per heavy atom. The first-order valence-electron chi connectivity index (χ1n) is 9.88. The molecule has 2 aromatic heterocycles. The van der Waals surface area contributed by atoms with E-state index >= 15 is 0 Å². The van der Waals surface area contributed by atoms with Crippen molar-refractivity contribution in [3.05, 3.63) is 34.7 Å². The summed E-state index contributed by atoms with van der Waals surface area (Å²) in [4.78, 5) is 15.0. The normalized spacial score (nSPS) is 18.1. The molecule has 5 rings (SSSR count). The second-order valence-electron chi connectivity index (χ2n) is 7.60. The number of hydrogen-bond donors (Lipinski definition) is 1. The van der Waals surface area contributed by atoms with Gasteiger partial charge in [-0.2, -0.15) is 0 Å². The van der Waals surface area contributed by atoms with Gasteiger partial charge in [-0.15, -0.1) is 21.5 Å². The quantitative estimate of drug-likeness (QED) is 0.568. The van der Waals surface area contributed by atoms with E-state index in [1.165, 1.54) is 28.6 Å². The fourth-order valence-corrected chi connectivity index (χ4v) is 5.40. The molecule has 156 valence electrons. The average Bonchev–Trinajstić information content (AvgIpc) is 3.46. The Bertz CT molecular complexity index is 1090. The zero-order valence-electron chi connectivity index (χ0n) is 16.6. The summed E-state index contributed by atoms with van der Waals surface area (Å²) in [6.45, 7) is 4.30. The lowest BCUT2D eigenvalue weighted by molar-refractivity contribution is -0.115. The molecule has 1 aliphatic heterocycles. The van der Waals surface area contributed by atoms with Crippen LogP contribution in [-0.2, 0) is 17.6 Å². The number of thiophene rings is 1. The second-order valence-corrected chi connectivity index (χ2v) is 10.0. The van der Waals surface area contributed by atoms with Crippen LogP contribution in [0.5, 0.6) is 11.5 Å². The van der Waals surface area contributed by atoms with Crippen LogP contribution in [0.2, 0.25) is 0 Å². The van der Waals surface area contributed by atoms with Crippen molar-refractivity contribution in [1.29, 1.82) is 0 Å². The third-order valence-corrected chi connectivity index (χ3v) is 7.39. The van der Waals surface area contributed by atoms with Crippen LogP contribution in [0.25, 0.3) is 10.8 Å². The Morgan fingerprint density at radius 3 is 3.03 bits per heavy atom. The maximum absolute atomic E-state index is 12.6. The summed E-state index contributed by atoms with van der Waals surface area (Å²) >= 11 is 2.98. The van der Waals surface area contributed by atoms with E-state index in [2.05, 4.69) is 28.5 Å². The van der Waals surface area contributed by atoms with Crippen LogP contribution in [0.3, 0.4) is 0 Å². The molecule has 1 amide bonds. The van der Waals surface area contributed by atoms with Gasteiger partial charge in [0.25, 0.3) is 11.1 Å². The molecule has 1 aromatic carbocycles. The minimum absolute atomic E-state index is 0.154. The smallest absolute Gasteiger partial charge is 0.277 e. The predicted octanol–water partition coefficient (Wildman–Crippen LogP) is 4.77. The molecule has 0 bridgehead atoms. The topological polar surface area (TPSA) is 86.5 Å². The van der Waals surface area contributed by atoms with Crippen molar-refractivity contribution in [2.45, 2.75) is 43.6 Å². The highest BCUT2D eigenvalue weighted by Crippen LogP contribution is 2.38. The number of ether oxygens (including phenoxy) is 2. The molecular weight excluding hydrogens is 422 g/mol. The van der Waals surface area contributed by atoms with E-state index in [1.54, 1.807) is 29.5 Å². The molecule has 0 saturated heterocycles. The van der Waals surface area contributed by atoms with Crippen molar-refractivity contribution in [3.63, 3.8) is 0 Å². The Morgan fingerprint density at radius 1 is 1.27 bits per heavy atom.